The van der Waals surface area contributed by atoms with Crippen molar-refractivity contribution >= 4 is 11.7 Å². The lowest BCUT2D eigenvalue weighted by atomic mass is 10.1. The predicted molar refractivity (Wildman–Crippen MR) is 79.0 cm³/mol. The fourth-order valence-corrected chi connectivity index (χ4v) is 1.57. The highest BCUT2D eigenvalue weighted by Gasteiger charge is 2.05. The molecule has 0 aromatic heterocycles. The Labute approximate surface area is 117 Å². The Kier molecular flexibility index (Phi) is 10.5. The van der Waals surface area contributed by atoms with Gasteiger partial charge >= 0.3 is 0 Å². The van der Waals surface area contributed by atoms with Crippen LogP contribution in [0.15, 0.2) is 0 Å². The molecule has 2 N–H and O–H groups in total. The summed E-state index contributed by atoms with van der Waals surface area (Å²) >= 11 is 0. The van der Waals surface area contributed by atoms with Gasteiger partial charge in [0.1, 0.15) is 5.78 Å². The molecule has 0 aromatic carbocycles. The molecule has 19 heavy (non-hydrogen) atoms. The van der Waals surface area contributed by atoms with Crippen LogP contribution in [0.2, 0.25) is 0 Å². The highest BCUT2D eigenvalue weighted by Crippen LogP contribution is 1.98. The lowest BCUT2D eigenvalue weighted by Crippen LogP contribution is -2.27. The monoisotopic (exact) mass is 270 g/mol. The van der Waals surface area contributed by atoms with Gasteiger partial charge in [-0.05, 0) is 25.3 Å². The number of hydrogen-bond donors (Lipinski definition) is 2. The SMILES string of the molecule is CC(C)CNC(=O)CCCCNCCC(=O)C(C)C. The van der Waals surface area contributed by atoms with E-state index in [0.717, 1.165) is 32.5 Å². The summed E-state index contributed by atoms with van der Waals surface area (Å²) in [6.07, 6.45) is 3.08. The standard InChI is InChI=1S/C15H30N2O2/c1-12(2)11-17-15(19)7-5-6-9-16-10-8-14(18)13(3)4/h12-13,16H,5-11H2,1-4H3,(H,17,19). The Hall–Kier alpha value is -0.900. The Morgan fingerprint density at radius 3 is 2.21 bits per heavy atom. The van der Waals surface area contributed by atoms with E-state index in [-0.39, 0.29) is 11.8 Å². The van der Waals surface area contributed by atoms with Gasteiger partial charge in [0.2, 0.25) is 5.91 Å². The van der Waals surface area contributed by atoms with Crippen molar-refractivity contribution in [1.29, 1.82) is 0 Å². The minimum atomic E-state index is 0.131. The Bertz CT molecular complexity index is 263. The molecule has 0 radical (unpaired) electrons. The van der Waals surface area contributed by atoms with Crippen molar-refractivity contribution in [1.82, 2.24) is 10.6 Å². The molecule has 0 heterocycles. The Morgan fingerprint density at radius 2 is 1.63 bits per heavy atom. The molecule has 0 aliphatic carbocycles. The summed E-state index contributed by atoms with van der Waals surface area (Å²) in [5.74, 6) is 1.08. The second kappa shape index (κ2) is 11.0. The van der Waals surface area contributed by atoms with Gasteiger partial charge < -0.3 is 10.6 Å². The van der Waals surface area contributed by atoms with Crippen LogP contribution in [0.25, 0.3) is 0 Å². The molecular weight excluding hydrogens is 240 g/mol. The van der Waals surface area contributed by atoms with Crippen LogP contribution in [0.3, 0.4) is 0 Å². The Morgan fingerprint density at radius 1 is 0.947 bits per heavy atom. The zero-order chi connectivity index (χ0) is 14.7. The number of rotatable bonds is 11. The van der Waals surface area contributed by atoms with Gasteiger partial charge in [-0.25, -0.2) is 0 Å². The van der Waals surface area contributed by atoms with Crippen molar-refractivity contribution in [3.63, 3.8) is 0 Å². The molecule has 0 rings (SSSR count). The maximum Gasteiger partial charge on any atom is 0.220 e. The van der Waals surface area contributed by atoms with Gasteiger partial charge in [0.15, 0.2) is 0 Å². The summed E-state index contributed by atoms with van der Waals surface area (Å²) in [7, 11) is 0. The summed E-state index contributed by atoms with van der Waals surface area (Å²) in [6, 6.07) is 0. The van der Waals surface area contributed by atoms with Crippen molar-refractivity contribution in [2.24, 2.45) is 11.8 Å². The fraction of sp³-hybridized carbons (Fsp3) is 0.867. The molecule has 0 atom stereocenters. The third-order valence-corrected chi connectivity index (χ3v) is 2.91. The Balaban J connectivity index is 3.31. The number of unbranched alkanes of at least 4 members (excludes halogenated alkanes) is 1. The van der Waals surface area contributed by atoms with E-state index in [0.29, 0.717) is 24.5 Å². The molecule has 0 bridgehead atoms. The summed E-state index contributed by atoms with van der Waals surface area (Å²) in [6.45, 7) is 10.4. The van der Waals surface area contributed by atoms with Crippen LogP contribution in [0.5, 0.6) is 0 Å². The van der Waals surface area contributed by atoms with Crippen LogP contribution in [-0.2, 0) is 9.59 Å². The number of hydrogen-bond acceptors (Lipinski definition) is 3. The first kappa shape index (κ1) is 18.1. The summed E-state index contributed by atoms with van der Waals surface area (Å²) in [4.78, 5) is 22.8. The molecule has 0 aliphatic heterocycles. The summed E-state index contributed by atoms with van der Waals surface area (Å²) < 4.78 is 0. The minimum Gasteiger partial charge on any atom is -0.356 e. The van der Waals surface area contributed by atoms with Crippen LogP contribution >= 0.6 is 0 Å². The molecule has 4 nitrogen and oxygen atoms in total. The van der Waals surface area contributed by atoms with E-state index in [1.54, 1.807) is 0 Å². The van der Waals surface area contributed by atoms with Gasteiger partial charge in [0, 0.05) is 31.8 Å². The molecule has 0 fully saturated rings. The highest BCUT2D eigenvalue weighted by atomic mass is 16.1. The number of nitrogens with one attached hydrogen (secondary N) is 2. The molecule has 0 saturated heterocycles. The van der Waals surface area contributed by atoms with E-state index in [4.69, 9.17) is 0 Å². The molecular formula is C15H30N2O2. The number of ketones is 1. The average molecular weight is 270 g/mol. The predicted octanol–water partition coefficient (Wildman–Crippen LogP) is 2.13. The molecule has 0 saturated carbocycles. The zero-order valence-electron chi connectivity index (χ0n) is 12.9. The van der Waals surface area contributed by atoms with Crippen LogP contribution in [-0.4, -0.2) is 31.3 Å². The van der Waals surface area contributed by atoms with Crippen molar-refractivity contribution < 1.29 is 9.59 Å². The zero-order valence-corrected chi connectivity index (χ0v) is 12.9. The van der Waals surface area contributed by atoms with Gasteiger partial charge in [-0.3, -0.25) is 9.59 Å². The fourth-order valence-electron chi connectivity index (χ4n) is 1.57. The summed E-state index contributed by atoms with van der Waals surface area (Å²) in [5, 5.41) is 6.15. The van der Waals surface area contributed by atoms with Crippen molar-refractivity contribution in [3.05, 3.63) is 0 Å². The van der Waals surface area contributed by atoms with Gasteiger partial charge in [-0.2, -0.15) is 0 Å². The van der Waals surface area contributed by atoms with Crippen LogP contribution < -0.4 is 10.6 Å². The van der Waals surface area contributed by atoms with E-state index >= 15 is 0 Å². The second-order valence-electron chi connectivity index (χ2n) is 5.78. The van der Waals surface area contributed by atoms with Crippen LogP contribution in [0.1, 0.15) is 53.4 Å². The maximum absolute atomic E-state index is 11.4. The number of carbonyl (C=O) groups is 2. The van der Waals surface area contributed by atoms with E-state index in [9.17, 15) is 9.59 Å². The minimum absolute atomic E-state index is 0.131. The third-order valence-electron chi connectivity index (χ3n) is 2.91. The molecule has 0 spiro atoms. The molecule has 0 aliphatic rings. The molecule has 112 valence electrons. The second-order valence-corrected chi connectivity index (χ2v) is 5.78. The summed E-state index contributed by atoms with van der Waals surface area (Å²) in [5.41, 5.74) is 0. The third kappa shape index (κ3) is 11.9. The van der Waals surface area contributed by atoms with Crippen molar-refractivity contribution in [2.45, 2.75) is 53.4 Å². The van der Waals surface area contributed by atoms with Crippen molar-refractivity contribution in [2.75, 3.05) is 19.6 Å². The van der Waals surface area contributed by atoms with Gasteiger partial charge in [-0.1, -0.05) is 27.7 Å². The topological polar surface area (TPSA) is 58.2 Å². The van der Waals surface area contributed by atoms with Gasteiger partial charge in [0.25, 0.3) is 0 Å². The lowest BCUT2D eigenvalue weighted by molar-refractivity contribution is -0.122. The average Bonchev–Trinajstić information content (AvgIpc) is 2.34. The quantitative estimate of drug-likeness (QED) is 0.566. The molecule has 0 aromatic rings. The first-order chi connectivity index (χ1) is 8.93. The maximum atomic E-state index is 11.4. The van der Waals surface area contributed by atoms with Crippen LogP contribution in [0, 0.1) is 11.8 Å². The molecule has 1 amide bonds. The molecule has 0 unspecified atom stereocenters. The number of amides is 1. The van der Waals surface area contributed by atoms with Gasteiger partial charge in [-0.15, -0.1) is 0 Å². The normalized spacial score (nSPS) is 11.1. The van der Waals surface area contributed by atoms with E-state index in [2.05, 4.69) is 24.5 Å². The molecule has 4 heteroatoms. The first-order valence-electron chi connectivity index (χ1n) is 7.43. The van der Waals surface area contributed by atoms with E-state index in [1.165, 1.54) is 0 Å². The van der Waals surface area contributed by atoms with E-state index < -0.39 is 0 Å². The smallest absolute Gasteiger partial charge is 0.220 e. The number of carbonyl (C=O) groups excluding carboxylic acids is 2. The van der Waals surface area contributed by atoms with Crippen molar-refractivity contribution in [3.8, 4) is 0 Å². The highest BCUT2D eigenvalue weighted by molar-refractivity contribution is 5.80. The first-order valence-corrected chi connectivity index (χ1v) is 7.43. The largest absolute Gasteiger partial charge is 0.356 e. The lowest BCUT2D eigenvalue weighted by Gasteiger charge is -2.08. The van der Waals surface area contributed by atoms with Crippen LogP contribution in [0.4, 0.5) is 0 Å². The number of Topliss-reactive ketones (excluding diaryl/α,β-unsaturated/α-hetero) is 1. The van der Waals surface area contributed by atoms with E-state index in [1.807, 2.05) is 13.8 Å². The van der Waals surface area contributed by atoms with Gasteiger partial charge in [0.05, 0.1) is 0 Å².